The summed E-state index contributed by atoms with van der Waals surface area (Å²) in [5.74, 6) is 0.325. The minimum atomic E-state index is -3.78. The third-order valence-electron chi connectivity index (χ3n) is 4.74. The molecule has 164 valence electrons. The number of aryl methyl sites for hydroxylation is 1. The molecule has 0 heterocycles. The van der Waals surface area contributed by atoms with Crippen LogP contribution in [-0.2, 0) is 14.8 Å². The van der Waals surface area contributed by atoms with Gasteiger partial charge in [0, 0.05) is 10.0 Å². The first-order chi connectivity index (χ1) is 14.0. The molecule has 2 atom stereocenters. The van der Waals surface area contributed by atoms with Crippen molar-refractivity contribution in [1.29, 1.82) is 0 Å². The van der Waals surface area contributed by atoms with Crippen molar-refractivity contribution < 1.29 is 17.9 Å². The van der Waals surface area contributed by atoms with Crippen LogP contribution in [0.4, 0.5) is 5.69 Å². The monoisotopic (exact) mass is 472 g/mol. The summed E-state index contributed by atoms with van der Waals surface area (Å²) in [6.45, 7) is 5.39. The summed E-state index contributed by atoms with van der Waals surface area (Å²) in [6.07, 6.45) is 1.67. The maximum Gasteiger partial charge on any atom is 0.244 e. The maximum atomic E-state index is 13.0. The Morgan fingerprint density at radius 2 is 1.77 bits per heavy atom. The van der Waals surface area contributed by atoms with Crippen LogP contribution in [0.15, 0.2) is 36.4 Å². The van der Waals surface area contributed by atoms with Crippen LogP contribution in [0.5, 0.6) is 5.75 Å². The highest BCUT2D eigenvalue weighted by Gasteiger charge is 2.30. The van der Waals surface area contributed by atoms with Gasteiger partial charge in [0.25, 0.3) is 0 Å². The average molecular weight is 473 g/mol. The molecule has 0 saturated carbocycles. The molecule has 2 unspecified atom stereocenters. The molecule has 0 aromatic heterocycles. The number of hydrogen-bond acceptors (Lipinski definition) is 4. The molecule has 2 rings (SSSR count). The van der Waals surface area contributed by atoms with Gasteiger partial charge in [0.05, 0.1) is 25.1 Å². The van der Waals surface area contributed by atoms with Gasteiger partial charge in [-0.3, -0.25) is 9.10 Å². The van der Waals surface area contributed by atoms with Crippen LogP contribution in [0.1, 0.15) is 37.4 Å². The Labute approximate surface area is 188 Å². The molecule has 1 N–H and O–H groups in total. The van der Waals surface area contributed by atoms with Gasteiger partial charge >= 0.3 is 0 Å². The summed E-state index contributed by atoms with van der Waals surface area (Å²) < 4.78 is 31.3. The predicted octanol–water partition coefficient (Wildman–Crippen LogP) is 4.73. The average Bonchev–Trinajstić information content (AvgIpc) is 2.63. The molecule has 9 heteroatoms. The zero-order chi connectivity index (χ0) is 22.6. The number of carbonyl (C=O) groups is 1. The van der Waals surface area contributed by atoms with Gasteiger partial charge in [0.2, 0.25) is 15.9 Å². The third-order valence-corrected chi connectivity index (χ3v) is 6.41. The fraction of sp³-hybridized carbons (Fsp3) is 0.381. The summed E-state index contributed by atoms with van der Waals surface area (Å²) in [4.78, 5) is 13.0. The minimum Gasteiger partial charge on any atom is -0.496 e. The highest BCUT2D eigenvalue weighted by atomic mass is 35.5. The fourth-order valence-corrected chi connectivity index (χ4v) is 4.98. The molecule has 0 saturated heterocycles. The van der Waals surface area contributed by atoms with Crippen molar-refractivity contribution in [2.24, 2.45) is 0 Å². The van der Waals surface area contributed by atoms with Crippen molar-refractivity contribution in [2.45, 2.75) is 39.3 Å². The fourth-order valence-electron chi connectivity index (χ4n) is 3.31. The quantitative estimate of drug-likeness (QED) is 0.602. The summed E-state index contributed by atoms with van der Waals surface area (Å²) in [5.41, 5.74) is 2.08. The Balaban J connectivity index is 2.33. The van der Waals surface area contributed by atoms with Crippen molar-refractivity contribution in [3.8, 4) is 5.75 Å². The van der Waals surface area contributed by atoms with Crippen molar-refractivity contribution in [2.75, 3.05) is 17.7 Å². The van der Waals surface area contributed by atoms with Gasteiger partial charge in [0.1, 0.15) is 11.8 Å². The van der Waals surface area contributed by atoms with E-state index in [2.05, 4.69) is 5.32 Å². The van der Waals surface area contributed by atoms with E-state index in [9.17, 15) is 13.2 Å². The maximum absolute atomic E-state index is 13.0. The Morgan fingerprint density at radius 3 is 2.23 bits per heavy atom. The zero-order valence-electron chi connectivity index (χ0n) is 17.6. The highest BCUT2D eigenvalue weighted by Crippen LogP contribution is 2.29. The Kier molecular flexibility index (Phi) is 8.02. The molecule has 2 aromatic carbocycles. The van der Waals surface area contributed by atoms with Crippen LogP contribution in [-0.4, -0.2) is 33.7 Å². The lowest BCUT2D eigenvalue weighted by molar-refractivity contribution is -0.122. The van der Waals surface area contributed by atoms with Crippen LogP contribution in [0.25, 0.3) is 0 Å². The van der Waals surface area contributed by atoms with Gasteiger partial charge in [-0.25, -0.2) is 8.42 Å². The normalized spacial score (nSPS) is 13.4. The number of carbonyl (C=O) groups excluding carboxylic acids is 1. The van der Waals surface area contributed by atoms with Crippen molar-refractivity contribution in [3.05, 3.63) is 57.6 Å². The van der Waals surface area contributed by atoms with Gasteiger partial charge < -0.3 is 10.1 Å². The number of ether oxygens (including phenoxy) is 1. The molecular weight excluding hydrogens is 447 g/mol. The van der Waals surface area contributed by atoms with E-state index in [-0.39, 0.29) is 21.8 Å². The standard InChI is InChI=1S/C21H26Cl2N2O4S/c1-6-19(15-7-8-20(29-4)13(2)9-15)24-21(26)14(3)25(30(5,27)28)18-11-16(22)10-17(23)12-18/h7-12,14,19H,6H2,1-5H3,(H,24,26). The SMILES string of the molecule is CCC(NC(=O)C(C)N(c1cc(Cl)cc(Cl)c1)S(C)(=O)=O)c1ccc(OC)c(C)c1. The van der Waals surface area contributed by atoms with E-state index in [1.165, 1.54) is 25.1 Å². The summed E-state index contributed by atoms with van der Waals surface area (Å²) in [7, 11) is -2.18. The molecule has 0 aliphatic rings. The Morgan fingerprint density at radius 1 is 1.17 bits per heavy atom. The van der Waals surface area contributed by atoms with Crippen molar-refractivity contribution in [3.63, 3.8) is 0 Å². The van der Waals surface area contributed by atoms with Crippen LogP contribution in [0.2, 0.25) is 10.0 Å². The van der Waals surface area contributed by atoms with Gasteiger partial charge in [0.15, 0.2) is 0 Å². The van der Waals surface area contributed by atoms with Crippen molar-refractivity contribution >= 4 is 44.8 Å². The molecule has 0 fully saturated rings. The second-order valence-electron chi connectivity index (χ2n) is 7.06. The van der Waals surface area contributed by atoms with E-state index in [4.69, 9.17) is 27.9 Å². The second-order valence-corrected chi connectivity index (χ2v) is 9.79. The van der Waals surface area contributed by atoms with E-state index in [1.807, 2.05) is 32.0 Å². The van der Waals surface area contributed by atoms with Gasteiger partial charge in [-0.05, 0) is 55.7 Å². The van der Waals surface area contributed by atoms with Gasteiger partial charge in [-0.2, -0.15) is 0 Å². The number of methoxy groups -OCH3 is 1. The molecule has 2 aromatic rings. The van der Waals surface area contributed by atoms with E-state index in [0.29, 0.717) is 6.42 Å². The van der Waals surface area contributed by atoms with Gasteiger partial charge in [-0.1, -0.05) is 42.3 Å². The number of nitrogens with zero attached hydrogens (tertiary/aromatic N) is 1. The van der Waals surface area contributed by atoms with E-state index < -0.39 is 22.0 Å². The number of amides is 1. The molecule has 0 radical (unpaired) electrons. The zero-order valence-corrected chi connectivity index (χ0v) is 19.9. The molecule has 0 bridgehead atoms. The van der Waals surface area contributed by atoms with E-state index >= 15 is 0 Å². The first kappa shape index (κ1) is 24.3. The summed E-state index contributed by atoms with van der Waals surface area (Å²) in [5, 5.41) is 3.50. The molecular formula is C21H26Cl2N2O4S. The topological polar surface area (TPSA) is 75.7 Å². The minimum absolute atomic E-state index is 0.228. The number of hydrogen-bond donors (Lipinski definition) is 1. The summed E-state index contributed by atoms with van der Waals surface area (Å²) in [6, 6.07) is 8.80. The molecule has 0 spiro atoms. The molecule has 0 aliphatic heterocycles. The smallest absolute Gasteiger partial charge is 0.244 e. The van der Waals surface area contributed by atoms with Gasteiger partial charge in [-0.15, -0.1) is 0 Å². The first-order valence-corrected chi connectivity index (χ1v) is 12.0. The lowest BCUT2D eigenvalue weighted by atomic mass is 10.0. The lowest BCUT2D eigenvalue weighted by Gasteiger charge is -2.30. The van der Waals surface area contributed by atoms with E-state index in [1.54, 1.807) is 7.11 Å². The number of halogens is 2. The predicted molar refractivity (Wildman–Crippen MR) is 122 cm³/mol. The largest absolute Gasteiger partial charge is 0.496 e. The number of sulfonamides is 1. The summed E-state index contributed by atoms with van der Waals surface area (Å²) >= 11 is 12.1. The molecule has 0 aliphatic carbocycles. The number of anilines is 1. The third kappa shape index (κ3) is 5.80. The Hall–Kier alpha value is -1.96. The molecule has 30 heavy (non-hydrogen) atoms. The first-order valence-electron chi connectivity index (χ1n) is 9.38. The Bertz CT molecular complexity index is 1010. The van der Waals surface area contributed by atoms with Crippen LogP contribution in [0.3, 0.4) is 0 Å². The second kappa shape index (κ2) is 9.90. The van der Waals surface area contributed by atoms with Crippen LogP contribution >= 0.6 is 23.2 Å². The molecule has 1 amide bonds. The number of nitrogens with one attached hydrogen (secondary N) is 1. The van der Waals surface area contributed by atoms with Crippen LogP contribution < -0.4 is 14.4 Å². The van der Waals surface area contributed by atoms with Crippen molar-refractivity contribution in [1.82, 2.24) is 5.32 Å². The lowest BCUT2D eigenvalue weighted by Crippen LogP contribution is -2.48. The number of rotatable bonds is 8. The van der Waals surface area contributed by atoms with E-state index in [0.717, 1.165) is 27.4 Å². The molecule has 6 nitrogen and oxygen atoms in total. The van der Waals surface area contributed by atoms with Crippen LogP contribution in [0, 0.1) is 6.92 Å². The number of benzene rings is 2. The highest BCUT2D eigenvalue weighted by molar-refractivity contribution is 7.92.